The number of hydrogen-bond acceptors (Lipinski definition) is 3. The molecule has 0 spiro atoms. The molecule has 4 heteroatoms. The summed E-state index contributed by atoms with van der Waals surface area (Å²) in [6.45, 7) is 7.15. The second kappa shape index (κ2) is 6.10. The van der Waals surface area contributed by atoms with E-state index in [4.69, 9.17) is 9.47 Å². The molecule has 0 amide bonds. The average molecular weight is 296 g/mol. The Morgan fingerprint density at radius 2 is 1.82 bits per heavy atom. The normalized spacial score (nSPS) is 10.9. The summed E-state index contributed by atoms with van der Waals surface area (Å²) in [5.41, 5.74) is 4.15. The number of nitrogens with zero attached hydrogens (tertiary/aromatic N) is 1. The molecule has 3 rings (SSSR count). The number of aromatic amines is 1. The number of nitrogens with one attached hydrogen (secondary N) is 1. The summed E-state index contributed by atoms with van der Waals surface area (Å²) in [4.78, 5) is 7.84. The van der Waals surface area contributed by atoms with Crippen LogP contribution in [0.1, 0.15) is 23.9 Å². The van der Waals surface area contributed by atoms with Gasteiger partial charge in [-0.05, 0) is 44.0 Å². The first-order valence-corrected chi connectivity index (χ1v) is 7.48. The van der Waals surface area contributed by atoms with Crippen LogP contribution in [0.5, 0.6) is 11.5 Å². The summed E-state index contributed by atoms with van der Waals surface area (Å²) in [5, 5.41) is 0. The van der Waals surface area contributed by atoms with Crippen molar-refractivity contribution in [2.45, 2.75) is 27.4 Å². The highest BCUT2D eigenvalue weighted by atomic mass is 16.5. The fourth-order valence-corrected chi connectivity index (χ4v) is 2.53. The van der Waals surface area contributed by atoms with Crippen molar-refractivity contribution in [1.29, 1.82) is 0 Å². The van der Waals surface area contributed by atoms with Gasteiger partial charge in [-0.1, -0.05) is 18.2 Å². The van der Waals surface area contributed by atoms with Gasteiger partial charge in [0, 0.05) is 6.07 Å². The fourth-order valence-electron chi connectivity index (χ4n) is 2.53. The van der Waals surface area contributed by atoms with Gasteiger partial charge in [-0.25, -0.2) is 4.98 Å². The number of ether oxygens (including phenoxy) is 2. The summed E-state index contributed by atoms with van der Waals surface area (Å²) < 4.78 is 11.4. The maximum Gasteiger partial charge on any atom is 0.146 e. The number of hydrogen-bond donors (Lipinski definition) is 1. The zero-order valence-electron chi connectivity index (χ0n) is 13.1. The Labute approximate surface area is 130 Å². The smallest absolute Gasteiger partial charge is 0.146 e. The maximum absolute atomic E-state index is 5.94. The largest absolute Gasteiger partial charge is 0.494 e. The van der Waals surface area contributed by atoms with Crippen molar-refractivity contribution >= 4 is 11.0 Å². The van der Waals surface area contributed by atoms with Crippen molar-refractivity contribution in [3.63, 3.8) is 0 Å². The highest BCUT2D eigenvalue weighted by Gasteiger charge is 2.07. The van der Waals surface area contributed by atoms with Crippen LogP contribution in [0.25, 0.3) is 11.0 Å². The van der Waals surface area contributed by atoms with Gasteiger partial charge in [0.05, 0.1) is 17.6 Å². The predicted molar refractivity (Wildman–Crippen MR) is 87.5 cm³/mol. The number of aryl methyl sites for hydroxylation is 2. The SMILES string of the molecule is CCOc1ccc2nc(COc3c(C)cccc3C)[nH]c2c1. The van der Waals surface area contributed by atoms with E-state index in [1.54, 1.807) is 0 Å². The van der Waals surface area contributed by atoms with Gasteiger partial charge in [-0.3, -0.25) is 0 Å². The Morgan fingerprint density at radius 3 is 2.55 bits per heavy atom. The van der Waals surface area contributed by atoms with E-state index < -0.39 is 0 Å². The lowest BCUT2D eigenvalue weighted by molar-refractivity contribution is 0.293. The average Bonchev–Trinajstić information content (AvgIpc) is 2.89. The second-order valence-electron chi connectivity index (χ2n) is 5.31. The highest BCUT2D eigenvalue weighted by Crippen LogP contribution is 2.24. The number of imidazole rings is 1. The molecule has 2 aromatic carbocycles. The molecule has 0 aliphatic carbocycles. The van der Waals surface area contributed by atoms with Crippen LogP contribution in [-0.2, 0) is 6.61 Å². The van der Waals surface area contributed by atoms with Crippen LogP contribution >= 0.6 is 0 Å². The van der Waals surface area contributed by atoms with Crippen molar-refractivity contribution < 1.29 is 9.47 Å². The van der Waals surface area contributed by atoms with Gasteiger partial charge in [-0.15, -0.1) is 0 Å². The monoisotopic (exact) mass is 296 g/mol. The summed E-state index contributed by atoms with van der Waals surface area (Å²) in [5.74, 6) is 2.59. The van der Waals surface area contributed by atoms with E-state index in [0.717, 1.165) is 39.5 Å². The standard InChI is InChI=1S/C18H20N2O2/c1-4-21-14-8-9-15-16(10-14)20-17(19-15)11-22-18-12(2)6-5-7-13(18)3/h5-10H,4,11H2,1-3H3,(H,19,20). The molecule has 0 aliphatic heterocycles. The number of benzene rings is 2. The molecule has 114 valence electrons. The molecule has 0 saturated heterocycles. The molecule has 3 aromatic rings. The number of H-pyrrole nitrogens is 1. The van der Waals surface area contributed by atoms with E-state index in [0.29, 0.717) is 13.2 Å². The van der Waals surface area contributed by atoms with Crippen molar-refractivity contribution in [3.05, 3.63) is 53.3 Å². The highest BCUT2D eigenvalue weighted by molar-refractivity contribution is 5.76. The van der Waals surface area contributed by atoms with Crippen LogP contribution in [0.4, 0.5) is 0 Å². The molecule has 0 atom stereocenters. The predicted octanol–water partition coefficient (Wildman–Crippen LogP) is 4.16. The number of aromatic nitrogens is 2. The molecular formula is C18H20N2O2. The van der Waals surface area contributed by atoms with Gasteiger partial charge >= 0.3 is 0 Å². The van der Waals surface area contributed by atoms with Crippen LogP contribution < -0.4 is 9.47 Å². The zero-order valence-corrected chi connectivity index (χ0v) is 13.1. The number of rotatable bonds is 5. The first-order valence-electron chi connectivity index (χ1n) is 7.48. The summed E-state index contributed by atoms with van der Waals surface area (Å²) >= 11 is 0. The third kappa shape index (κ3) is 2.91. The number of fused-ring (bicyclic) bond motifs is 1. The Morgan fingerprint density at radius 1 is 1.05 bits per heavy atom. The van der Waals surface area contributed by atoms with Gasteiger partial charge in [-0.2, -0.15) is 0 Å². The number of para-hydroxylation sites is 1. The molecule has 0 radical (unpaired) electrons. The molecule has 4 nitrogen and oxygen atoms in total. The molecule has 0 saturated carbocycles. The summed E-state index contributed by atoms with van der Waals surface area (Å²) in [6.07, 6.45) is 0. The van der Waals surface area contributed by atoms with E-state index in [1.165, 1.54) is 0 Å². The van der Waals surface area contributed by atoms with E-state index in [9.17, 15) is 0 Å². The van der Waals surface area contributed by atoms with Gasteiger partial charge in [0.25, 0.3) is 0 Å². The minimum Gasteiger partial charge on any atom is -0.494 e. The molecule has 0 fully saturated rings. The van der Waals surface area contributed by atoms with Crippen LogP contribution in [0.2, 0.25) is 0 Å². The molecule has 22 heavy (non-hydrogen) atoms. The molecule has 0 aliphatic rings. The van der Waals surface area contributed by atoms with Crippen LogP contribution in [-0.4, -0.2) is 16.6 Å². The third-order valence-corrected chi connectivity index (χ3v) is 3.58. The van der Waals surface area contributed by atoms with Gasteiger partial charge in [0.15, 0.2) is 0 Å². The minimum absolute atomic E-state index is 0.421. The van der Waals surface area contributed by atoms with E-state index in [-0.39, 0.29) is 0 Å². The zero-order chi connectivity index (χ0) is 15.5. The maximum atomic E-state index is 5.94. The van der Waals surface area contributed by atoms with Crippen LogP contribution in [0, 0.1) is 13.8 Å². The van der Waals surface area contributed by atoms with E-state index >= 15 is 0 Å². The van der Waals surface area contributed by atoms with Gasteiger partial charge in [0.2, 0.25) is 0 Å². The second-order valence-corrected chi connectivity index (χ2v) is 5.31. The molecule has 1 heterocycles. The lowest BCUT2D eigenvalue weighted by Gasteiger charge is -2.10. The van der Waals surface area contributed by atoms with Crippen LogP contribution in [0.15, 0.2) is 36.4 Å². The van der Waals surface area contributed by atoms with Crippen LogP contribution in [0.3, 0.4) is 0 Å². The van der Waals surface area contributed by atoms with Crippen molar-refractivity contribution in [3.8, 4) is 11.5 Å². The quantitative estimate of drug-likeness (QED) is 0.769. The van der Waals surface area contributed by atoms with Gasteiger partial charge in [0.1, 0.15) is 23.9 Å². The first-order chi connectivity index (χ1) is 10.7. The molecular weight excluding hydrogens is 276 g/mol. The molecule has 1 aromatic heterocycles. The lowest BCUT2D eigenvalue weighted by atomic mass is 10.1. The molecule has 0 bridgehead atoms. The molecule has 0 unspecified atom stereocenters. The molecule has 1 N–H and O–H groups in total. The fraction of sp³-hybridized carbons (Fsp3) is 0.278. The Hall–Kier alpha value is -2.49. The van der Waals surface area contributed by atoms with E-state index in [2.05, 4.69) is 35.9 Å². The lowest BCUT2D eigenvalue weighted by Crippen LogP contribution is -2.00. The van der Waals surface area contributed by atoms with Gasteiger partial charge < -0.3 is 14.5 Å². The van der Waals surface area contributed by atoms with Crippen molar-refractivity contribution in [2.75, 3.05) is 6.61 Å². The van der Waals surface area contributed by atoms with E-state index in [1.807, 2.05) is 31.2 Å². The Kier molecular flexibility index (Phi) is 4.00. The Bertz CT molecular complexity index is 773. The summed E-state index contributed by atoms with van der Waals surface area (Å²) in [6, 6.07) is 12.0. The van der Waals surface area contributed by atoms with Crippen molar-refractivity contribution in [2.24, 2.45) is 0 Å². The summed E-state index contributed by atoms with van der Waals surface area (Å²) in [7, 11) is 0. The first kappa shape index (κ1) is 14.4. The Balaban J connectivity index is 1.79. The third-order valence-electron chi connectivity index (χ3n) is 3.58. The van der Waals surface area contributed by atoms with Crippen molar-refractivity contribution in [1.82, 2.24) is 9.97 Å². The topological polar surface area (TPSA) is 47.1 Å². The minimum atomic E-state index is 0.421.